The second-order valence-electron chi connectivity index (χ2n) is 6.09. The Kier molecular flexibility index (Phi) is 4.72. The van der Waals surface area contributed by atoms with Crippen molar-refractivity contribution in [2.75, 3.05) is 11.4 Å². The third-order valence-electron chi connectivity index (χ3n) is 4.49. The van der Waals surface area contributed by atoms with Crippen LogP contribution >= 0.6 is 0 Å². The van der Waals surface area contributed by atoms with E-state index >= 15 is 0 Å². The molecule has 0 saturated carbocycles. The molecule has 4 heteroatoms. The monoisotopic (exact) mass is 309 g/mol. The van der Waals surface area contributed by atoms with Gasteiger partial charge in [-0.15, -0.1) is 0 Å². The predicted octanol–water partition coefficient (Wildman–Crippen LogP) is 3.37. The van der Waals surface area contributed by atoms with Gasteiger partial charge in [0.15, 0.2) is 0 Å². The Balaban J connectivity index is 1.62. The number of pyridine rings is 1. The molecule has 0 bridgehead atoms. The number of aryl methyl sites for hydroxylation is 1. The number of hydrogen-bond acceptors (Lipinski definition) is 3. The van der Waals surface area contributed by atoms with Gasteiger partial charge in [-0.1, -0.05) is 18.2 Å². The molecule has 1 amide bonds. The zero-order valence-corrected chi connectivity index (χ0v) is 13.7. The van der Waals surface area contributed by atoms with Crippen LogP contribution in [0.1, 0.15) is 42.6 Å². The van der Waals surface area contributed by atoms with Crippen molar-refractivity contribution in [3.05, 3.63) is 59.4 Å². The number of carbonyl (C=O) groups excluding carboxylic acids is 1. The van der Waals surface area contributed by atoms with Gasteiger partial charge in [-0.3, -0.25) is 9.78 Å². The van der Waals surface area contributed by atoms with Crippen molar-refractivity contribution in [3.63, 3.8) is 0 Å². The molecule has 1 aromatic carbocycles. The molecular weight excluding hydrogens is 286 g/mol. The summed E-state index contributed by atoms with van der Waals surface area (Å²) >= 11 is 0. The van der Waals surface area contributed by atoms with Gasteiger partial charge in [-0.2, -0.15) is 0 Å². The quantitative estimate of drug-likeness (QED) is 0.921. The van der Waals surface area contributed by atoms with Gasteiger partial charge < -0.3 is 10.2 Å². The van der Waals surface area contributed by atoms with E-state index in [4.69, 9.17) is 0 Å². The fourth-order valence-corrected chi connectivity index (χ4v) is 2.95. The van der Waals surface area contributed by atoms with Crippen LogP contribution in [0.2, 0.25) is 0 Å². The molecule has 1 aliphatic rings. The Morgan fingerprint density at radius 3 is 2.70 bits per heavy atom. The number of nitrogens with zero attached hydrogens (tertiary/aromatic N) is 2. The van der Waals surface area contributed by atoms with Gasteiger partial charge in [-0.05, 0) is 49.6 Å². The summed E-state index contributed by atoms with van der Waals surface area (Å²) in [5, 5.41) is 3.53. The van der Waals surface area contributed by atoms with Crippen LogP contribution in [0.15, 0.2) is 42.6 Å². The SMILES string of the molecule is Cc1ncccc1CN[C@@H](C)c1ccc(N2CCCC2=O)cc1. The first-order valence-corrected chi connectivity index (χ1v) is 8.19. The molecule has 2 heterocycles. The minimum Gasteiger partial charge on any atom is -0.312 e. The number of aromatic nitrogens is 1. The highest BCUT2D eigenvalue weighted by Crippen LogP contribution is 2.23. The highest BCUT2D eigenvalue weighted by Gasteiger charge is 2.21. The highest BCUT2D eigenvalue weighted by molar-refractivity contribution is 5.95. The summed E-state index contributed by atoms with van der Waals surface area (Å²) in [5.74, 6) is 0.232. The van der Waals surface area contributed by atoms with Crippen molar-refractivity contribution >= 4 is 11.6 Å². The van der Waals surface area contributed by atoms with E-state index < -0.39 is 0 Å². The summed E-state index contributed by atoms with van der Waals surface area (Å²) in [7, 11) is 0. The van der Waals surface area contributed by atoms with Crippen LogP contribution in [0.4, 0.5) is 5.69 Å². The maximum absolute atomic E-state index is 11.8. The van der Waals surface area contributed by atoms with Crippen LogP contribution in [0, 0.1) is 6.92 Å². The second kappa shape index (κ2) is 6.92. The van der Waals surface area contributed by atoms with Gasteiger partial charge >= 0.3 is 0 Å². The number of rotatable bonds is 5. The van der Waals surface area contributed by atoms with Crippen molar-refractivity contribution in [2.45, 2.75) is 39.3 Å². The van der Waals surface area contributed by atoms with Crippen LogP contribution in [0.5, 0.6) is 0 Å². The molecule has 23 heavy (non-hydrogen) atoms. The van der Waals surface area contributed by atoms with Crippen molar-refractivity contribution in [2.24, 2.45) is 0 Å². The molecule has 1 aliphatic heterocycles. The van der Waals surface area contributed by atoms with Crippen LogP contribution in [0.3, 0.4) is 0 Å². The molecular formula is C19H23N3O. The maximum atomic E-state index is 11.8. The van der Waals surface area contributed by atoms with E-state index in [9.17, 15) is 4.79 Å². The van der Waals surface area contributed by atoms with E-state index in [-0.39, 0.29) is 11.9 Å². The lowest BCUT2D eigenvalue weighted by atomic mass is 10.1. The molecule has 0 spiro atoms. The van der Waals surface area contributed by atoms with E-state index in [1.807, 2.05) is 36.2 Å². The Morgan fingerprint density at radius 1 is 1.26 bits per heavy atom. The van der Waals surface area contributed by atoms with E-state index in [2.05, 4.69) is 35.4 Å². The van der Waals surface area contributed by atoms with Crippen molar-refractivity contribution in [1.29, 1.82) is 0 Å². The van der Waals surface area contributed by atoms with Gasteiger partial charge in [0.1, 0.15) is 0 Å². The van der Waals surface area contributed by atoms with E-state index in [1.54, 1.807) is 0 Å². The molecule has 2 aromatic rings. The second-order valence-corrected chi connectivity index (χ2v) is 6.09. The zero-order valence-electron chi connectivity index (χ0n) is 13.7. The zero-order chi connectivity index (χ0) is 16.2. The lowest BCUT2D eigenvalue weighted by Gasteiger charge is -2.18. The lowest BCUT2D eigenvalue weighted by Crippen LogP contribution is -2.23. The molecule has 1 aromatic heterocycles. The first-order valence-electron chi connectivity index (χ1n) is 8.19. The van der Waals surface area contributed by atoms with E-state index in [1.165, 1.54) is 11.1 Å². The number of anilines is 1. The minimum absolute atomic E-state index is 0.232. The lowest BCUT2D eigenvalue weighted by molar-refractivity contribution is -0.117. The van der Waals surface area contributed by atoms with Gasteiger partial charge in [0, 0.05) is 43.1 Å². The topological polar surface area (TPSA) is 45.2 Å². The minimum atomic E-state index is 0.232. The molecule has 3 rings (SSSR count). The molecule has 0 aliphatic carbocycles. The number of amides is 1. The summed E-state index contributed by atoms with van der Waals surface area (Å²) < 4.78 is 0. The van der Waals surface area contributed by atoms with Crippen LogP contribution in [-0.4, -0.2) is 17.4 Å². The predicted molar refractivity (Wildman–Crippen MR) is 92.3 cm³/mol. The fourth-order valence-electron chi connectivity index (χ4n) is 2.95. The van der Waals surface area contributed by atoms with Crippen LogP contribution in [0.25, 0.3) is 0 Å². The normalized spacial score (nSPS) is 15.9. The number of hydrogen-bond donors (Lipinski definition) is 1. The van der Waals surface area contributed by atoms with Crippen molar-refractivity contribution in [1.82, 2.24) is 10.3 Å². The highest BCUT2D eigenvalue weighted by atomic mass is 16.2. The van der Waals surface area contributed by atoms with Gasteiger partial charge in [0.25, 0.3) is 0 Å². The molecule has 120 valence electrons. The molecule has 0 radical (unpaired) electrons. The number of nitrogens with one attached hydrogen (secondary N) is 1. The van der Waals surface area contributed by atoms with Gasteiger partial charge in [0.2, 0.25) is 5.91 Å². The molecule has 4 nitrogen and oxygen atoms in total. The molecule has 1 fully saturated rings. The molecule has 1 N–H and O–H groups in total. The van der Waals surface area contributed by atoms with E-state index in [0.29, 0.717) is 6.42 Å². The van der Waals surface area contributed by atoms with Gasteiger partial charge in [0.05, 0.1) is 0 Å². The van der Waals surface area contributed by atoms with Gasteiger partial charge in [-0.25, -0.2) is 0 Å². The number of carbonyl (C=O) groups is 1. The summed E-state index contributed by atoms with van der Waals surface area (Å²) in [6.07, 6.45) is 3.45. The largest absolute Gasteiger partial charge is 0.312 e. The smallest absolute Gasteiger partial charge is 0.227 e. The standard InChI is InChI=1S/C19H23N3O/c1-14(21-13-17-5-3-11-20-15(17)2)16-7-9-18(10-8-16)22-12-4-6-19(22)23/h3,5,7-11,14,21H,4,6,12-13H2,1-2H3/t14-/m0/s1. The van der Waals surface area contributed by atoms with Crippen molar-refractivity contribution < 1.29 is 4.79 Å². The van der Waals surface area contributed by atoms with Crippen LogP contribution < -0.4 is 10.2 Å². The molecule has 1 saturated heterocycles. The fraction of sp³-hybridized carbons (Fsp3) is 0.368. The summed E-state index contributed by atoms with van der Waals surface area (Å²) in [5.41, 5.74) is 4.52. The maximum Gasteiger partial charge on any atom is 0.227 e. The Bertz CT molecular complexity index is 681. The Hall–Kier alpha value is -2.20. The molecule has 1 atom stereocenters. The Morgan fingerprint density at radius 2 is 2.04 bits per heavy atom. The summed E-state index contributed by atoms with van der Waals surface area (Å²) in [6, 6.07) is 12.6. The van der Waals surface area contributed by atoms with Crippen LogP contribution in [-0.2, 0) is 11.3 Å². The average Bonchev–Trinajstić information content (AvgIpc) is 3.00. The van der Waals surface area contributed by atoms with E-state index in [0.717, 1.165) is 30.9 Å². The number of benzene rings is 1. The third-order valence-corrected chi connectivity index (χ3v) is 4.49. The average molecular weight is 309 g/mol. The Labute approximate surface area is 137 Å². The third kappa shape index (κ3) is 3.59. The first kappa shape index (κ1) is 15.7. The molecule has 0 unspecified atom stereocenters. The van der Waals surface area contributed by atoms with Crippen molar-refractivity contribution in [3.8, 4) is 0 Å². The summed E-state index contributed by atoms with van der Waals surface area (Å²) in [4.78, 5) is 18.0. The first-order chi connectivity index (χ1) is 11.1. The summed E-state index contributed by atoms with van der Waals surface area (Å²) in [6.45, 7) is 5.82.